The summed E-state index contributed by atoms with van der Waals surface area (Å²) in [6.07, 6.45) is 0. The van der Waals surface area contributed by atoms with Crippen molar-refractivity contribution in [2.24, 2.45) is 0 Å². The lowest BCUT2D eigenvalue weighted by Crippen LogP contribution is -2.01. The standard InChI is InChI=1S/C63H42N4/c1-5-14-43(15-6-1)47-24-26-49(27-25-47)52-22-13-23-55(40-52)63-65-61(50-30-28-48(29-31-50)44-16-7-2-8-17-44)64-62(66-63)51-32-36-56(37-33-51)67-59-38-34-53(45-18-9-3-10-19-45)41-57(59)58-42-54(35-39-60(58)67)46-20-11-4-12-21-46/h1-42H. The van der Waals surface area contributed by atoms with Gasteiger partial charge in [-0.25, -0.2) is 15.0 Å². The van der Waals surface area contributed by atoms with Crippen LogP contribution in [0.1, 0.15) is 0 Å². The molecule has 0 saturated carbocycles. The minimum Gasteiger partial charge on any atom is -0.309 e. The monoisotopic (exact) mass is 854 g/mol. The van der Waals surface area contributed by atoms with Crippen LogP contribution in [0.4, 0.5) is 0 Å². The lowest BCUT2D eigenvalue weighted by atomic mass is 9.99. The maximum Gasteiger partial charge on any atom is 0.164 e. The Bertz CT molecular complexity index is 3580. The number of aromatic nitrogens is 4. The predicted molar refractivity (Wildman–Crippen MR) is 278 cm³/mol. The molecule has 0 amide bonds. The van der Waals surface area contributed by atoms with Gasteiger partial charge in [0.15, 0.2) is 17.5 Å². The first-order valence-electron chi connectivity index (χ1n) is 22.7. The van der Waals surface area contributed by atoms with Crippen molar-refractivity contribution in [1.29, 1.82) is 0 Å². The van der Waals surface area contributed by atoms with Crippen molar-refractivity contribution < 1.29 is 0 Å². The van der Waals surface area contributed by atoms with Crippen LogP contribution in [0.15, 0.2) is 255 Å². The summed E-state index contributed by atoms with van der Waals surface area (Å²) in [7, 11) is 0. The summed E-state index contributed by atoms with van der Waals surface area (Å²) < 4.78 is 2.37. The SMILES string of the molecule is c1ccc(-c2ccc(-c3cccc(-c4nc(-c5ccc(-c6ccccc6)cc5)nc(-c5ccc(-n6c7ccc(-c8ccccc8)cc7c7cc(-c8ccccc8)ccc76)cc5)n4)c3)cc2)cc1. The van der Waals surface area contributed by atoms with E-state index in [2.05, 4.69) is 247 Å². The zero-order valence-electron chi connectivity index (χ0n) is 36.5. The molecule has 10 aromatic carbocycles. The fraction of sp³-hybridized carbons (Fsp3) is 0. The van der Waals surface area contributed by atoms with Crippen LogP contribution in [-0.4, -0.2) is 19.5 Å². The number of benzene rings is 10. The average Bonchev–Trinajstić information content (AvgIpc) is 3.75. The van der Waals surface area contributed by atoms with Crippen molar-refractivity contribution in [2.75, 3.05) is 0 Å². The average molecular weight is 855 g/mol. The number of fused-ring (bicyclic) bond motifs is 3. The second-order valence-corrected chi connectivity index (χ2v) is 16.9. The zero-order valence-corrected chi connectivity index (χ0v) is 36.5. The number of hydrogen-bond acceptors (Lipinski definition) is 3. The molecule has 0 N–H and O–H groups in total. The first kappa shape index (κ1) is 39.6. The Morgan fingerprint density at radius 2 is 0.493 bits per heavy atom. The summed E-state index contributed by atoms with van der Waals surface area (Å²) in [4.78, 5) is 15.5. The maximum absolute atomic E-state index is 5.19. The molecule has 4 heteroatoms. The van der Waals surface area contributed by atoms with Gasteiger partial charge < -0.3 is 4.57 Å². The highest BCUT2D eigenvalue weighted by Gasteiger charge is 2.17. The van der Waals surface area contributed by atoms with Crippen LogP contribution in [0, 0.1) is 0 Å². The van der Waals surface area contributed by atoms with Crippen molar-refractivity contribution >= 4 is 21.8 Å². The van der Waals surface area contributed by atoms with E-state index in [9.17, 15) is 0 Å². The molecule has 67 heavy (non-hydrogen) atoms. The van der Waals surface area contributed by atoms with Gasteiger partial charge in [-0.15, -0.1) is 0 Å². The summed E-state index contributed by atoms with van der Waals surface area (Å²) in [5, 5.41) is 2.41. The Kier molecular flexibility index (Phi) is 10.2. The maximum atomic E-state index is 5.19. The highest BCUT2D eigenvalue weighted by molar-refractivity contribution is 6.11. The van der Waals surface area contributed by atoms with Gasteiger partial charge in [-0.3, -0.25) is 0 Å². The first-order chi connectivity index (χ1) is 33.2. The lowest BCUT2D eigenvalue weighted by Gasteiger charge is -2.12. The molecule has 2 aromatic heterocycles. The van der Waals surface area contributed by atoms with Gasteiger partial charge in [-0.1, -0.05) is 200 Å². The van der Waals surface area contributed by atoms with Crippen molar-refractivity contribution in [3.63, 3.8) is 0 Å². The third kappa shape index (κ3) is 7.77. The van der Waals surface area contributed by atoms with E-state index in [0.717, 1.165) is 55.7 Å². The van der Waals surface area contributed by atoms with E-state index in [1.165, 1.54) is 44.2 Å². The van der Waals surface area contributed by atoms with Gasteiger partial charge in [0.25, 0.3) is 0 Å². The highest BCUT2D eigenvalue weighted by Crippen LogP contribution is 2.38. The second kappa shape index (κ2) is 17.2. The van der Waals surface area contributed by atoms with E-state index < -0.39 is 0 Å². The predicted octanol–water partition coefficient (Wildman–Crippen LogP) is 16.3. The third-order valence-electron chi connectivity index (χ3n) is 12.7. The fourth-order valence-corrected chi connectivity index (χ4v) is 9.21. The van der Waals surface area contributed by atoms with Crippen LogP contribution in [-0.2, 0) is 0 Å². The summed E-state index contributed by atoms with van der Waals surface area (Å²) in [5.41, 5.74) is 17.8. The molecular formula is C63H42N4. The number of rotatable bonds is 9. The molecule has 0 unspecified atom stereocenters. The summed E-state index contributed by atoms with van der Waals surface area (Å²) in [6, 6.07) is 90.1. The molecule has 0 aliphatic rings. The van der Waals surface area contributed by atoms with Crippen molar-refractivity contribution in [1.82, 2.24) is 19.5 Å². The smallest absolute Gasteiger partial charge is 0.164 e. The first-order valence-corrected chi connectivity index (χ1v) is 22.7. The molecule has 0 radical (unpaired) electrons. The Morgan fingerprint density at radius 1 is 0.209 bits per heavy atom. The lowest BCUT2D eigenvalue weighted by molar-refractivity contribution is 1.07. The van der Waals surface area contributed by atoms with Gasteiger partial charge in [0, 0.05) is 33.2 Å². The Balaban J connectivity index is 0.951. The Morgan fingerprint density at radius 3 is 0.925 bits per heavy atom. The van der Waals surface area contributed by atoms with E-state index in [1.54, 1.807) is 0 Å². The zero-order chi connectivity index (χ0) is 44.5. The van der Waals surface area contributed by atoms with Gasteiger partial charge in [-0.05, 0) is 110 Å². The van der Waals surface area contributed by atoms with Crippen LogP contribution in [0.25, 0.3) is 117 Å². The Hall–Kier alpha value is -8.99. The summed E-state index contributed by atoms with van der Waals surface area (Å²) in [6.45, 7) is 0. The van der Waals surface area contributed by atoms with Crippen LogP contribution in [0.5, 0.6) is 0 Å². The molecule has 0 atom stereocenters. The van der Waals surface area contributed by atoms with Gasteiger partial charge in [0.05, 0.1) is 11.0 Å². The van der Waals surface area contributed by atoms with Crippen LogP contribution in [0.3, 0.4) is 0 Å². The number of nitrogens with zero attached hydrogens (tertiary/aromatic N) is 4. The second-order valence-electron chi connectivity index (χ2n) is 16.9. The largest absolute Gasteiger partial charge is 0.309 e. The van der Waals surface area contributed by atoms with Gasteiger partial charge >= 0.3 is 0 Å². The molecule has 0 saturated heterocycles. The van der Waals surface area contributed by atoms with E-state index in [0.29, 0.717) is 17.5 Å². The molecule has 0 bridgehead atoms. The van der Waals surface area contributed by atoms with E-state index in [-0.39, 0.29) is 0 Å². The molecular weight excluding hydrogens is 813 g/mol. The fourth-order valence-electron chi connectivity index (χ4n) is 9.21. The van der Waals surface area contributed by atoms with Crippen molar-refractivity contribution in [3.8, 4) is 95.5 Å². The molecule has 0 aliphatic carbocycles. The third-order valence-corrected chi connectivity index (χ3v) is 12.7. The van der Waals surface area contributed by atoms with Gasteiger partial charge in [0.1, 0.15) is 0 Å². The summed E-state index contributed by atoms with van der Waals surface area (Å²) >= 11 is 0. The van der Waals surface area contributed by atoms with Crippen LogP contribution < -0.4 is 0 Å². The Labute approximate surface area is 389 Å². The van der Waals surface area contributed by atoms with Gasteiger partial charge in [-0.2, -0.15) is 0 Å². The molecule has 314 valence electrons. The molecule has 2 heterocycles. The normalized spacial score (nSPS) is 11.3. The molecule has 12 rings (SSSR count). The summed E-state index contributed by atoms with van der Waals surface area (Å²) in [5.74, 6) is 1.84. The van der Waals surface area contributed by atoms with E-state index in [1.807, 2.05) is 12.1 Å². The molecule has 0 fully saturated rings. The molecule has 0 aliphatic heterocycles. The van der Waals surface area contributed by atoms with Crippen molar-refractivity contribution in [3.05, 3.63) is 255 Å². The van der Waals surface area contributed by atoms with Gasteiger partial charge in [0.2, 0.25) is 0 Å². The van der Waals surface area contributed by atoms with E-state index >= 15 is 0 Å². The van der Waals surface area contributed by atoms with Crippen LogP contribution >= 0.6 is 0 Å². The minimum atomic E-state index is 0.610. The molecule has 12 aromatic rings. The van der Waals surface area contributed by atoms with E-state index in [4.69, 9.17) is 15.0 Å². The number of hydrogen-bond donors (Lipinski definition) is 0. The minimum absolute atomic E-state index is 0.610. The quantitative estimate of drug-likeness (QED) is 0.145. The molecule has 0 spiro atoms. The highest BCUT2D eigenvalue weighted by atomic mass is 15.0. The van der Waals surface area contributed by atoms with Crippen LogP contribution in [0.2, 0.25) is 0 Å². The topological polar surface area (TPSA) is 43.6 Å². The molecule has 4 nitrogen and oxygen atoms in total. The van der Waals surface area contributed by atoms with Crippen molar-refractivity contribution in [2.45, 2.75) is 0 Å².